The summed E-state index contributed by atoms with van der Waals surface area (Å²) in [5.74, 6) is -0.0694. The fourth-order valence-corrected chi connectivity index (χ4v) is 2.98. The van der Waals surface area contributed by atoms with Gasteiger partial charge >= 0.3 is 0 Å². The van der Waals surface area contributed by atoms with E-state index >= 15 is 0 Å². The molecular formula is C16H15N4O3S. The Balaban J connectivity index is 2.01. The average Bonchev–Trinajstić information content (AvgIpc) is 2.87. The molecule has 0 fully saturated rings. The van der Waals surface area contributed by atoms with Crippen molar-refractivity contribution in [3.63, 3.8) is 0 Å². The van der Waals surface area contributed by atoms with Gasteiger partial charge in [-0.25, -0.2) is 8.42 Å². The molecule has 0 aliphatic carbocycles. The Morgan fingerprint density at radius 2 is 1.83 bits per heavy atom. The van der Waals surface area contributed by atoms with Crippen LogP contribution in [-0.2, 0) is 16.4 Å². The molecule has 0 unspecified atom stereocenters. The molecule has 3 N–H and O–H groups in total. The summed E-state index contributed by atoms with van der Waals surface area (Å²) in [7, 11) is -3.99. The molecule has 8 heteroatoms. The van der Waals surface area contributed by atoms with Gasteiger partial charge < -0.3 is 10.1 Å². The molecule has 0 saturated carbocycles. The standard InChI is InChI=1S/C16H15N4O3S/c1-2-10-4-3-5-13-14(10)15(16(21)18-13)20-19-11-6-8-12(9-7-11)24(17,22)23/h3-9,17-18,21H,2H2,1H3. The number of hydrogen-bond acceptors (Lipinski definition) is 5. The molecule has 24 heavy (non-hydrogen) atoms. The van der Waals surface area contributed by atoms with Crippen molar-refractivity contribution < 1.29 is 13.5 Å². The zero-order chi connectivity index (χ0) is 17.3. The zero-order valence-electron chi connectivity index (χ0n) is 12.8. The maximum Gasteiger partial charge on any atom is 0.254 e. The number of aromatic amines is 1. The Morgan fingerprint density at radius 1 is 1.12 bits per heavy atom. The number of H-pyrrole nitrogens is 1. The maximum absolute atomic E-state index is 11.1. The predicted octanol–water partition coefficient (Wildman–Crippen LogP) is 3.82. The van der Waals surface area contributed by atoms with Gasteiger partial charge in [-0.2, -0.15) is 5.11 Å². The van der Waals surface area contributed by atoms with E-state index in [1.807, 2.05) is 25.1 Å². The minimum atomic E-state index is -3.99. The van der Waals surface area contributed by atoms with Gasteiger partial charge in [0.1, 0.15) is 0 Å². The summed E-state index contributed by atoms with van der Waals surface area (Å²) in [5.41, 5.74) is 2.58. The highest BCUT2D eigenvalue weighted by atomic mass is 32.2. The largest absolute Gasteiger partial charge is 0.493 e. The Hall–Kier alpha value is -2.71. The SMILES string of the molecule is CCc1cccc2[nH]c(O)c(N=Nc3ccc(S([NH])(=O)=O)cc3)c12. The molecule has 1 radical (unpaired) electrons. The van der Waals surface area contributed by atoms with E-state index in [0.717, 1.165) is 22.9 Å². The van der Waals surface area contributed by atoms with Crippen LogP contribution < -0.4 is 5.14 Å². The van der Waals surface area contributed by atoms with E-state index in [2.05, 4.69) is 15.2 Å². The van der Waals surface area contributed by atoms with Gasteiger partial charge in [-0.15, -0.1) is 10.3 Å². The topological polar surface area (TPSA) is 119 Å². The first kappa shape index (κ1) is 16.2. The van der Waals surface area contributed by atoms with Crippen molar-refractivity contribution >= 4 is 32.3 Å². The zero-order valence-corrected chi connectivity index (χ0v) is 13.6. The van der Waals surface area contributed by atoms with Crippen LogP contribution in [0.4, 0.5) is 11.4 Å². The van der Waals surface area contributed by atoms with Gasteiger partial charge in [-0.05, 0) is 42.3 Å². The molecule has 0 aliphatic rings. The Kier molecular flexibility index (Phi) is 4.08. The molecule has 0 spiro atoms. The van der Waals surface area contributed by atoms with Crippen molar-refractivity contribution in [1.82, 2.24) is 10.1 Å². The number of nitrogens with one attached hydrogen (secondary N) is 2. The predicted molar refractivity (Wildman–Crippen MR) is 90.2 cm³/mol. The van der Waals surface area contributed by atoms with Crippen LogP contribution >= 0.6 is 0 Å². The van der Waals surface area contributed by atoms with Gasteiger partial charge in [-0.1, -0.05) is 19.1 Å². The summed E-state index contributed by atoms with van der Waals surface area (Å²) >= 11 is 0. The highest BCUT2D eigenvalue weighted by molar-refractivity contribution is 7.88. The normalized spacial score (nSPS) is 12.2. The number of aromatic hydroxyl groups is 1. The number of nitrogens with zero attached hydrogens (tertiary/aromatic N) is 2. The number of fused-ring (bicyclic) bond motifs is 1. The lowest BCUT2D eigenvalue weighted by Gasteiger charge is -2.00. The maximum atomic E-state index is 11.1. The highest BCUT2D eigenvalue weighted by Crippen LogP contribution is 2.38. The summed E-state index contributed by atoms with van der Waals surface area (Å²) in [6.45, 7) is 2.01. The number of rotatable bonds is 4. The third-order valence-electron chi connectivity index (χ3n) is 3.66. The monoisotopic (exact) mass is 343 g/mol. The van der Waals surface area contributed by atoms with Crippen molar-refractivity contribution in [2.75, 3.05) is 0 Å². The Bertz CT molecular complexity index is 1020. The molecule has 0 amide bonds. The molecule has 0 bridgehead atoms. The molecular weight excluding hydrogens is 328 g/mol. The second-order valence-electron chi connectivity index (χ2n) is 5.21. The summed E-state index contributed by atoms with van der Waals surface area (Å²) < 4.78 is 22.3. The van der Waals surface area contributed by atoms with Gasteiger partial charge in [0.2, 0.25) is 5.88 Å². The first-order chi connectivity index (χ1) is 11.4. The number of aryl methyl sites for hydroxylation is 1. The Morgan fingerprint density at radius 3 is 2.46 bits per heavy atom. The summed E-state index contributed by atoms with van der Waals surface area (Å²) in [4.78, 5) is 2.76. The summed E-state index contributed by atoms with van der Waals surface area (Å²) in [6.07, 6.45) is 0.785. The number of benzene rings is 2. The van der Waals surface area contributed by atoms with Crippen molar-refractivity contribution in [3.05, 3.63) is 48.0 Å². The molecule has 2 aromatic carbocycles. The van der Waals surface area contributed by atoms with E-state index in [0.29, 0.717) is 11.4 Å². The smallest absolute Gasteiger partial charge is 0.254 e. The molecule has 3 rings (SSSR count). The van der Waals surface area contributed by atoms with Crippen molar-refractivity contribution in [2.45, 2.75) is 18.2 Å². The summed E-state index contributed by atoms with van der Waals surface area (Å²) in [6, 6.07) is 11.2. The Labute approximate surface area is 138 Å². The van der Waals surface area contributed by atoms with Crippen LogP contribution in [0.15, 0.2) is 57.6 Å². The highest BCUT2D eigenvalue weighted by Gasteiger charge is 2.13. The lowest BCUT2D eigenvalue weighted by atomic mass is 10.1. The molecule has 1 heterocycles. The van der Waals surface area contributed by atoms with Crippen molar-refractivity contribution in [1.29, 1.82) is 0 Å². The minimum absolute atomic E-state index is 0.0694. The van der Waals surface area contributed by atoms with E-state index in [1.54, 1.807) is 0 Å². The lowest BCUT2D eigenvalue weighted by molar-refractivity contribution is 0.459. The van der Waals surface area contributed by atoms with Gasteiger partial charge in [0.25, 0.3) is 10.0 Å². The first-order valence-corrected chi connectivity index (χ1v) is 8.72. The van der Waals surface area contributed by atoms with Crippen LogP contribution in [-0.4, -0.2) is 18.5 Å². The summed E-state index contributed by atoms with van der Waals surface area (Å²) in [5, 5.41) is 26.0. The van der Waals surface area contributed by atoms with Crippen molar-refractivity contribution in [2.24, 2.45) is 10.2 Å². The molecule has 0 atom stereocenters. The second kappa shape index (κ2) is 6.06. The minimum Gasteiger partial charge on any atom is -0.493 e. The van der Waals surface area contributed by atoms with Gasteiger partial charge in [0.05, 0.1) is 16.1 Å². The third kappa shape index (κ3) is 3.01. The van der Waals surface area contributed by atoms with Crippen LogP contribution in [0, 0.1) is 0 Å². The van der Waals surface area contributed by atoms with Crippen LogP contribution in [0.2, 0.25) is 0 Å². The van der Waals surface area contributed by atoms with E-state index in [1.165, 1.54) is 24.3 Å². The van der Waals surface area contributed by atoms with Gasteiger partial charge in [-0.3, -0.25) is 0 Å². The van der Waals surface area contributed by atoms with E-state index in [9.17, 15) is 13.5 Å². The number of aromatic nitrogens is 1. The molecule has 1 aromatic heterocycles. The quantitative estimate of drug-likeness (QED) is 0.701. The number of sulfonamides is 1. The van der Waals surface area contributed by atoms with Crippen LogP contribution in [0.5, 0.6) is 5.88 Å². The van der Waals surface area contributed by atoms with Crippen LogP contribution in [0.3, 0.4) is 0 Å². The molecule has 3 aromatic rings. The van der Waals surface area contributed by atoms with Crippen LogP contribution in [0.25, 0.3) is 10.9 Å². The number of hydrogen-bond donors (Lipinski definition) is 2. The fourth-order valence-electron chi connectivity index (χ4n) is 2.48. The van der Waals surface area contributed by atoms with E-state index < -0.39 is 10.0 Å². The van der Waals surface area contributed by atoms with Gasteiger partial charge in [0.15, 0.2) is 5.69 Å². The molecule has 7 nitrogen and oxygen atoms in total. The van der Waals surface area contributed by atoms with E-state index in [-0.39, 0.29) is 10.8 Å². The van der Waals surface area contributed by atoms with Crippen molar-refractivity contribution in [3.8, 4) is 5.88 Å². The molecule has 123 valence electrons. The van der Waals surface area contributed by atoms with Crippen LogP contribution in [0.1, 0.15) is 12.5 Å². The second-order valence-corrected chi connectivity index (χ2v) is 6.69. The van der Waals surface area contributed by atoms with E-state index in [4.69, 9.17) is 5.14 Å². The van der Waals surface area contributed by atoms with Gasteiger partial charge in [0, 0.05) is 5.39 Å². The molecule has 0 saturated heterocycles. The third-order valence-corrected chi connectivity index (χ3v) is 4.55. The number of azo groups is 1. The first-order valence-electron chi connectivity index (χ1n) is 7.24. The molecule has 0 aliphatic heterocycles. The average molecular weight is 343 g/mol. The fraction of sp³-hybridized carbons (Fsp3) is 0.125. The lowest BCUT2D eigenvalue weighted by Crippen LogP contribution is -1.99.